The Kier molecular flexibility index (Phi) is 3.50. The van der Waals surface area contributed by atoms with Gasteiger partial charge in [0.05, 0.1) is 19.9 Å². The number of hydrogen-bond donors (Lipinski definition) is 0. The number of likely N-dealkylation sites (N-methyl/N-ethyl adjacent to an activating group) is 1. The van der Waals surface area contributed by atoms with Gasteiger partial charge in [-0.15, -0.1) is 0 Å². The van der Waals surface area contributed by atoms with Crippen LogP contribution < -0.4 is 9.64 Å². The molecule has 18 heavy (non-hydrogen) atoms. The first-order valence-electron chi connectivity index (χ1n) is 6.30. The van der Waals surface area contributed by atoms with E-state index in [1.165, 1.54) is 22.4 Å². The summed E-state index contributed by atoms with van der Waals surface area (Å²) in [5, 5.41) is 0. The van der Waals surface area contributed by atoms with Crippen molar-refractivity contribution in [2.75, 3.05) is 32.7 Å². The molecule has 0 N–H and O–H groups in total. The molecular formula is C15H21NO2. The van der Waals surface area contributed by atoms with E-state index in [4.69, 9.17) is 9.47 Å². The summed E-state index contributed by atoms with van der Waals surface area (Å²) in [4.78, 5) is 2.22. The van der Waals surface area contributed by atoms with Gasteiger partial charge in [-0.25, -0.2) is 0 Å². The lowest BCUT2D eigenvalue weighted by atomic mass is 9.94. The highest BCUT2D eigenvalue weighted by atomic mass is 16.5. The van der Waals surface area contributed by atoms with Gasteiger partial charge in [0.2, 0.25) is 0 Å². The molecule has 3 heteroatoms. The molecule has 0 fully saturated rings. The third kappa shape index (κ3) is 1.84. The second-order valence-electron chi connectivity index (χ2n) is 4.58. The molecule has 0 spiro atoms. The number of hydrogen-bond acceptors (Lipinski definition) is 3. The molecule has 1 aromatic carbocycles. The molecule has 2 rings (SSSR count). The van der Waals surface area contributed by atoms with E-state index in [1.54, 1.807) is 14.2 Å². The maximum Gasteiger partial charge on any atom is 0.126 e. The Bertz CT molecular complexity index is 492. The Hall–Kier alpha value is -1.64. The molecule has 0 radical (unpaired) electrons. The first-order valence-corrected chi connectivity index (χ1v) is 6.30. The largest absolute Gasteiger partial charge is 0.496 e. The van der Waals surface area contributed by atoms with Crippen molar-refractivity contribution in [3.63, 3.8) is 0 Å². The SMILES string of the molecule is CCc1c(OC)cc2c(c1C)C(OC)=CCN2C. The lowest BCUT2D eigenvalue weighted by molar-refractivity contribution is 0.367. The second-order valence-corrected chi connectivity index (χ2v) is 4.58. The van der Waals surface area contributed by atoms with Crippen LogP contribution >= 0.6 is 0 Å². The third-order valence-corrected chi connectivity index (χ3v) is 3.65. The van der Waals surface area contributed by atoms with Crippen LogP contribution in [0.4, 0.5) is 5.69 Å². The van der Waals surface area contributed by atoms with Crippen LogP contribution in [-0.4, -0.2) is 27.8 Å². The van der Waals surface area contributed by atoms with Gasteiger partial charge in [0.15, 0.2) is 0 Å². The fourth-order valence-corrected chi connectivity index (χ4v) is 2.65. The zero-order valence-electron chi connectivity index (χ0n) is 11.8. The van der Waals surface area contributed by atoms with Crippen LogP contribution in [0.5, 0.6) is 5.75 Å². The van der Waals surface area contributed by atoms with Crippen molar-refractivity contribution >= 4 is 11.4 Å². The van der Waals surface area contributed by atoms with Crippen molar-refractivity contribution in [3.8, 4) is 5.75 Å². The van der Waals surface area contributed by atoms with E-state index in [2.05, 4.69) is 37.9 Å². The average molecular weight is 247 g/mol. The molecule has 0 aliphatic carbocycles. The standard InChI is InChI=1S/C15H21NO2/c1-6-11-10(2)15-12(9-14(11)18-5)16(3)8-7-13(15)17-4/h7,9H,6,8H2,1-5H3. The number of rotatable bonds is 3. The summed E-state index contributed by atoms with van der Waals surface area (Å²) >= 11 is 0. The summed E-state index contributed by atoms with van der Waals surface area (Å²) in [6.07, 6.45) is 3.09. The quantitative estimate of drug-likeness (QED) is 0.819. The van der Waals surface area contributed by atoms with Crippen molar-refractivity contribution in [3.05, 3.63) is 28.8 Å². The number of methoxy groups -OCH3 is 2. The number of benzene rings is 1. The number of ether oxygens (including phenoxy) is 2. The van der Waals surface area contributed by atoms with E-state index in [0.29, 0.717) is 0 Å². The molecule has 0 saturated carbocycles. The van der Waals surface area contributed by atoms with E-state index in [-0.39, 0.29) is 0 Å². The Morgan fingerprint density at radius 2 is 2.00 bits per heavy atom. The Labute approximate surface area is 109 Å². The van der Waals surface area contributed by atoms with E-state index in [1.807, 2.05) is 0 Å². The summed E-state index contributed by atoms with van der Waals surface area (Å²) in [6.45, 7) is 5.16. The summed E-state index contributed by atoms with van der Waals surface area (Å²) in [7, 11) is 5.55. The van der Waals surface area contributed by atoms with Crippen molar-refractivity contribution < 1.29 is 9.47 Å². The van der Waals surface area contributed by atoms with Gasteiger partial charge >= 0.3 is 0 Å². The monoisotopic (exact) mass is 247 g/mol. The Morgan fingerprint density at radius 3 is 2.56 bits per heavy atom. The van der Waals surface area contributed by atoms with Crippen LogP contribution in [0, 0.1) is 6.92 Å². The predicted octanol–water partition coefficient (Wildman–Crippen LogP) is 3.00. The van der Waals surface area contributed by atoms with Crippen LogP contribution in [-0.2, 0) is 11.2 Å². The van der Waals surface area contributed by atoms with Gasteiger partial charge in [0.1, 0.15) is 11.5 Å². The van der Waals surface area contributed by atoms with E-state index in [0.717, 1.165) is 24.5 Å². The normalized spacial score (nSPS) is 14.1. The third-order valence-electron chi connectivity index (χ3n) is 3.65. The van der Waals surface area contributed by atoms with E-state index in [9.17, 15) is 0 Å². The molecule has 1 aromatic rings. The van der Waals surface area contributed by atoms with Gasteiger partial charge in [0.25, 0.3) is 0 Å². The first kappa shape index (κ1) is 12.8. The van der Waals surface area contributed by atoms with Crippen molar-refractivity contribution in [1.82, 2.24) is 0 Å². The highest BCUT2D eigenvalue weighted by Gasteiger charge is 2.23. The minimum absolute atomic E-state index is 0.865. The van der Waals surface area contributed by atoms with Gasteiger partial charge in [-0.3, -0.25) is 0 Å². The maximum atomic E-state index is 5.51. The molecular weight excluding hydrogens is 226 g/mol. The van der Waals surface area contributed by atoms with E-state index >= 15 is 0 Å². The summed E-state index contributed by atoms with van der Waals surface area (Å²) in [5.74, 6) is 1.94. The number of nitrogens with zero attached hydrogens (tertiary/aromatic N) is 1. The van der Waals surface area contributed by atoms with Gasteiger partial charge in [0, 0.05) is 25.2 Å². The second kappa shape index (κ2) is 4.92. The molecule has 3 nitrogen and oxygen atoms in total. The van der Waals surface area contributed by atoms with Crippen LogP contribution in [0.15, 0.2) is 12.1 Å². The number of anilines is 1. The van der Waals surface area contributed by atoms with Crippen molar-refractivity contribution in [1.29, 1.82) is 0 Å². The smallest absolute Gasteiger partial charge is 0.126 e. The Morgan fingerprint density at radius 1 is 1.28 bits per heavy atom. The topological polar surface area (TPSA) is 21.7 Å². The summed E-state index contributed by atoms with van der Waals surface area (Å²) in [6, 6.07) is 2.12. The van der Waals surface area contributed by atoms with Gasteiger partial charge in [-0.1, -0.05) is 6.92 Å². The highest BCUT2D eigenvalue weighted by Crippen LogP contribution is 2.40. The number of fused-ring (bicyclic) bond motifs is 1. The zero-order valence-corrected chi connectivity index (χ0v) is 11.8. The van der Waals surface area contributed by atoms with Crippen LogP contribution in [0.2, 0.25) is 0 Å². The minimum Gasteiger partial charge on any atom is -0.496 e. The minimum atomic E-state index is 0.865. The predicted molar refractivity (Wildman–Crippen MR) is 75.4 cm³/mol. The lowest BCUT2D eigenvalue weighted by Crippen LogP contribution is -2.23. The fraction of sp³-hybridized carbons (Fsp3) is 0.467. The summed E-state index contributed by atoms with van der Waals surface area (Å²) < 4.78 is 11.0. The van der Waals surface area contributed by atoms with Crippen molar-refractivity contribution in [2.24, 2.45) is 0 Å². The summed E-state index contributed by atoms with van der Waals surface area (Å²) in [5.41, 5.74) is 4.89. The molecule has 0 bridgehead atoms. The average Bonchev–Trinajstić information content (AvgIpc) is 2.39. The van der Waals surface area contributed by atoms with Crippen molar-refractivity contribution in [2.45, 2.75) is 20.3 Å². The molecule has 0 unspecified atom stereocenters. The molecule has 0 atom stereocenters. The Balaban J connectivity index is 2.71. The molecule has 98 valence electrons. The molecule has 1 aliphatic heterocycles. The van der Waals surface area contributed by atoms with Crippen LogP contribution in [0.25, 0.3) is 5.76 Å². The maximum absolute atomic E-state index is 5.51. The highest BCUT2D eigenvalue weighted by molar-refractivity contribution is 5.81. The zero-order chi connectivity index (χ0) is 13.3. The van der Waals surface area contributed by atoms with E-state index < -0.39 is 0 Å². The van der Waals surface area contributed by atoms with Gasteiger partial charge in [-0.05, 0) is 30.5 Å². The fourth-order valence-electron chi connectivity index (χ4n) is 2.65. The molecule has 0 aromatic heterocycles. The van der Waals surface area contributed by atoms with Crippen LogP contribution in [0.3, 0.4) is 0 Å². The lowest BCUT2D eigenvalue weighted by Gasteiger charge is -2.30. The van der Waals surface area contributed by atoms with Crippen LogP contribution in [0.1, 0.15) is 23.6 Å². The first-order chi connectivity index (χ1) is 8.63. The van der Waals surface area contributed by atoms with Gasteiger partial charge < -0.3 is 14.4 Å². The molecule has 0 saturated heterocycles. The van der Waals surface area contributed by atoms with Gasteiger partial charge in [-0.2, -0.15) is 0 Å². The molecule has 0 amide bonds. The molecule has 1 aliphatic rings. The molecule has 1 heterocycles.